The number of halogens is 2. The zero-order valence-corrected chi connectivity index (χ0v) is 11.1. The van der Waals surface area contributed by atoms with E-state index < -0.39 is 5.67 Å². The van der Waals surface area contributed by atoms with E-state index in [2.05, 4.69) is 0 Å². The second-order valence-electron chi connectivity index (χ2n) is 4.25. The van der Waals surface area contributed by atoms with Gasteiger partial charge in [-0.2, -0.15) is 0 Å². The summed E-state index contributed by atoms with van der Waals surface area (Å²) in [6.45, 7) is 2.38. The number of nitrogens with two attached hydrogens (primary N) is 1. The Morgan fingerprint density at radius 1 is 1.47 bits per heavy atom. The molecular weight excluding hydrogens is 241 g/mol. The SMILES string of the molecule is COCC(F)(CCCN)c1ccc(C)c(Cl)c1. The molecule has 0 fully saturated rings. The van der Waals surface area contributed by atoms with Gasteiger partial charge in [0.25, 0.3) is 0 Å². The van der Waals surface area contributed by atoms with E-state index in [0.717, 1.165) is 5.56 Å². The topological polar surface area (TPSA) is 35.2 Å². The van der Waals surface area contributed by atoms with Crippen LogP contribution in [0.15, 0.2) is 18.2 Å². The Labute approximate surface area is 107 Å². The first-order valence-electron chi connectivity index (χ1n) is 5.68. The third-order valence-electron chi connectivity index (χ3n) is 2.84. The summed E-state index contributed by atoms with van der Waals surface area (Å²) >= 11 is 6.02. The molecule has 1 unspecified atom stereocenters. The van der Waals surface area contributed by atoms with E-state index in [4.69, 9.17) is 22.1 Å². The number of benzene rings is 1. The first kappa shape index (κ1) is 14.4. The molecule has 1 aromatic carbocycles. The molecule has 0 aliphatic heterocycles. The second-order valence-corrected chi connectivity index (χ2v) is 4.66. The van der Waals surface area contributed by atoms with Crippen LogP contribution in [0, 0.1) is 6.92 Å². The Hall–Kier alpha value is -0.640. The molecule has 0 amide bonds. The molecule has 1 rings (SSSR count). The summed E-state index contributed by atoms with van der Waals surface area (Å²) in [5.41, 5.74) is 5.42. The van der Waals surface area contributed by atoms with Crippen LogP contribution in [0.4, 0.5) is 4.39 Å². The molecule has 0 spiro atoms. The maximum atomic E-state index is 14.8. The minimum absolute atomic E-state index is 0.0202. The van der Waals surface area contributed by atoms with Crippen LogP contribution in [0.5, 0.6) is 0 Å². The number of ether oxygens (including phenoxy) is 1. The van der Waals surface area contributed by atoms with E-state index in [9.17, 15) is 4.39 Å². The fourth-order valence-corrected chi connectivity index (χ4v) is 1.96. The number of rotatable bonds is 6. The molecule has 0 aliphatic carbocycles. The quantitative estimate of drug-likeness (QED) is 0.852. The van der Waals surface area contributed by atoms with Gasteiger partial charge in [0.15, 0.2) is 5.67 Å². The minimum atomic E-state index is -1.51. The Morgan fingerprint density at radius 3 is 2.71 bits per heavy atom. The molecule has 0 aliphatic rings. The van der Waals surface area contributed by atoms with Crippen LogP contribution in [-0.2, 0) is 10.4 Å². The minimum Gasteiger partial charge on any atom is -0.381 e. The van der Waals surface area contributed by atoms with Gasteiger partial charge in [0.1, 0.15) is 0 Å². The lowest BCUT2D eigenvalue weighted by Gasteiger charge is -2.25. The standard InChI is InChI=1S/C13H19ClFNO/c1-10-4-5-11(8-12(10)14)13(15,9-17-2)6-3-7-16/h4-5,8H,3,6-7,9,16H2,1-2H3. The maximum Gasteiger partial charge on any atom is 0.159 e. The van der Waals surface area contributed by atoms with Crippen molar-refractivity contribution in [3.63, 3.8) is 0 Å². The summed E-state index contributed by atoms with van der Waals surface area (Å²) in [5, 5.41) is 0.577. The molecule has 96 valence electrons. The summed E-state index contributed by atoms with van der Waals surface area (Å²) in [6, 6.07) is 5.26. The third kappa shape index (κ3) is 3.66. The van der Waals surface area contributed by atoms with E-state index in [1.807, 2.05) is 13.0 Å². The number of methoxy groups -OCH3 is 1. The number of hydrogen-bond acceptors (Lipinski definition) is 2. The lowest BCUT2D eigenvalue weighted by molar-refractivity contribution is 0.0304. The number of hydrogen-bond donors (Lipinski definition) is 1. The lowest BCUT2D eigenvalue weighted by Crippen LogP contribution is -2.27. The van der Waals surface area contributed by atoms with Crippen molar-refractivity contribution in [2.24, 2.45) is 5.73 Å². The summed E-state index contributed by atoms with van der Waals surface area (Å²) in [7, 11) is 1.49. The third-order valence-corrected chi connectivity index (χ3v) is 3.25. The average Bonchev–Trinajstić information content (AvgIpc) is 2.30. The van der Waals surface area contributed by atoms with Gasteiger partial charge in [-0.3, -0.25) is 0 Å². The van der Waals surface area contributed by atoms with Crippen molar-refractivity contribution in [3.8, 4) is 0 Å². The Morgan fingerprint density at radius 2 is 2.18 bits per heavy atom. The fraction of sp³-hybridized carbons (Fsp3) is 0.538. The smallest absolute Gasteiger partial charge is 0.159 e. The van der Waals surface area contributed by atoms with Gasteiger partial charge in [-0.15, -0.1) is 0 Å². The van der Waals surface area contributed by atoms with Gasteiger partial charge in [0, 0.05) is 12.1 Å². The first-order valence-corrected chi connectivity index (χ1v) is 6.06. The molecule has 4 heteroatoms. The van der Waals surface area contributed by atoms with Crippen LogP contribution >= 0.6 is 11.6 Å². The molecule has 0 heterocycles. The van der Waals surface area contributed by atoms with Crippen LogP contribution in [0.3, 0.4) is 0 Å². The van der Waals surface area contributed by atoms with Gasteiger partial charge < -0.3 is 10.5 Å². The monoisotopic (exact) mass is 259 g/mol. The Balaban J connectivity index is 2.99. The molecule has 0 aromatic heterocycles. The summed E-state index contributed by atoms with van der Waals surface area (Å²) < 4.78 is 19.8. The Bertz CT molecular complexity index is 372. The predicted molar refractivity (Wildman–Crippen MR) is 69.1 cm³/mol. The summed E-state index contributed by atoms with van der Waals surface area (Å²) in [6.07, 6.45) is 0.960. The highest BCUT2D eigenvalue weighted by Gasteiger charge is 2.31. The molecule has 1 atom stereocenters. The summed E-state index contributed by atoms with van der Waals surface area (Å²) in [4.78, 5) is 0. The molecule has 0 saturated heterocycles. The highest BCUT2D eigenvalue weighted by atomic mass is 35.5. The van der Waals surface area contributed by atoms with Crippen LogP contribution in [0.2, 0.25) is 5.02 Å². The van der Waals surface area contributed by atoms with Gasteiger partial charge in [0.05, 0.1) is 6.61 Å². The average molecular weight is 260 g/mol. The zero-order valence-electron chi connectivity index (χ0n) is 10.3. The molecule has 0 bridgehead atoms. The molecular formula is C13H19ClFNO. The van der Waals surface area contributed by atoms with Crippen LogP contribution in [-0.4, -0.2) is 20.3 Å². The molecule has 2 nitrogen and oxygen atoms in total. The lowest BCUT2D eigenvalue weighted by atomic mass is 9.91. The van der Waals surface area contributed by atoms with Gasteiger partial charge in [0.2, 0.25) is 0 Å². The van der Waals surface area contributed by atoms with Crippen molar-refractivity contribution in [2.45, 2.75) is 25.4 Å². The second kappa shape index (κ2) is 6.34. The fourth-order valence-electron chi connectivity index (χ4n) is 1.78. The van der Waals surface area contributed by atoms with Crippen LogP contribution in [0.25, 0.3) is 0 Å². The van der Waals surface area contributed by atoms with Crippen molar-refractivity contribution in [1.29, 1.82) is 0 Å². The normalized spacial score (nSPS) is 14.6. The molecule has 17 heavy (non-hydrogen) atoms. The largest absolute Gasteiger partial charge is 0.381 e. The molecule has 0 saturated carbocycles. The van der Waals surface area contributed by atoms with E-state index >= 15 is 0 Å². The van der Waals surface area contributed by atoms with Crippen LogP contribution in [0.1, 0.15) is 24.0 Å². The Kier molecular flexibility index (Phi) is 5.37. The first-order chi connectivity index (χ1) is 8.03. The van der Waals surface area contributed by atoms with Crippen molar-refractivity contribution >= 4 is 11.6 Å². The number of aryl methyl sites for hydroxylation is 1. The van der Waals surface area contributed by atoms with Crippen molar-refractivity contribution in [1.82, 2.24) is 0 Å². The maximum absolute atomic E-state index is 14.8. The van der Waals surface area contributed by atoms with Crippen LogP contribution < -0.4 is 5.73 Å². The van der Waals surface area contributed by atoms with Gasteiger partial charge in [-0.25, -0.2) is 4.39 Å². The van der Waals surface area contributed by atoms with E-state index in [-0.39, 0.29) is 6.61 Å². The van der Waals surface area contributed by atoms with E-state index in [0.29, 0.717) is 30.0 Å². The van der Waals surface area contributed by atoms with E-state index in [1.165, 1.54) is 7.11 Å². The van der Waals surface area contributed by atoms with E-state index in [1.54, 1.807) is 12.1 Å². The summed E-state index contributed by atoms with van der Waals surface area (Å²) in [5.74, 6) is 0. The van der Waals surface area contributed by atoms with Gasteiger partial charge in [-0.05, 0) is 43.5 Å². The van der Waals surface area contributed by atoms with Crippen molar-refractivity contribution < 1.29 is 9.13 Å². The van der Waals surface area contributed by atoms with Crippen molar-refractivity contribution in [2.75, 3.05) is 20.3 Å². The predicted octanol–water partition coefficient (Wildman–Crippen LogP) is 3.20. The zero-order chi connectivity index (χ0) is 12.9. The molecule has 0 radical (unpaired) electrons. The highest BCUT2D eigenvalue weighted by Crippen LogP contribution is 2.33. The molecule has 2 N–H and O–H groups in total. The van der Waals surface area contributed by atoms with Crippen molar-refractivity contribution in [3.05, 3.63) is 34.3 Å². The van der Waals surface area contributed by atoms with Gasteiger partial charge in [-0.1, -0.05) is 23.7 Å². The highest BCUT2D eigenvalue weighted by molar-refractivity contribution is 6.31. The number of alkyl halides is 1. The molecule has 1 aromatic rings. The van der Waals surface area contributed by atoms with Gasteiger partial charge >= 0.3 is 0 Å².